The topological polar surface area (TPSA) is 90.6 Å². The predicted molar refractivity (Wildman–Crippen MR) is 124 cm³/mol. The second-order valence-corrected chi connectivity index (χ2v) is 7.64. The third-order valence-corrected chi connectivity index (χ3v) is 5.41. The molecular weight excluding hydrogens is 426 g/mol. The fraction of sp³-hybridized carbons (Fsp3) is 0.217. The molecule has 4 rings (SSSR count). The standard InChI is InChI=1S/C23H23N5O3S/c1-3-30-17-11-9-16(10-12-17)18-13-14-21-25-26-23(28(21)27-18)32-15-22(29)24-19-7-5-6-8-20(19)31-4-2/h5-14H,3-4,15H2,1-2H3,(H,24,29). The van der Waals surface area contributed by atoms with Crippen LogP contribution in [0.25, 0.3) is 16.9 Å². The van der Waals surface area contributed by atoms with Crippen molar-refractivity contribution in [3.05, 3.63) is 60.7 Å². The number of anilines is 1. The predicted octanol–water partition coefficient (Wildman–Crippen LogP) is 4.32. The van der Waals surface area contributed by atoms with Crippen molar-refractivity contribution in [3.8, 4) is 22.8 Å². The van der Waals surface area contributed by atoms with E-state index in [0.717, 1.165) is 17.0 Å². The summed E-state index contributed by atoms with van der Waals surface area (Å²) < 4.78 is 12.7. The van der Waals surface area contributed by atoms with Gasteiger partial charge in [-0.15, -0.1) is 10.2 Å². The zero-order valence-electron chi connectivity index (χ0n) is 17.8. The molecule has 0 saturated heterocycles. The van der Waals surface area contributed by atoms with Gasteiger partial charge in [0.05, 0.1) is 30.3 Å². The molecule has 164 valence electrons. The van der Waals surface area contributed by atoms with Crippen molar-refractivity contribution < 1.29 is 14.3 Å². The van der Waals surface area contributed by atoms with Crippen LogP contribution in [-0.4, -0.2) is 44.7 Å². The van der Waals surface area contributed by atoms with Crippen molar-refractivity contribution in [3.63, 3.8) is 0 Å². The molecule has 2 heterocycles. The largest absolute Gasteiger partial charge is 0.494 e. The van der Waals surface area contributed by atoms with Crippen LogP contribution in [0.2, 0.25) is 0 Å². The third kappa shape index (κ3) is 5.00. The van der Waals surface area contributed by atoms with E-state index in [0.29, 0.717) is 35.5 Å². The summed E-state index contributed by atoms with van der Waals surface area (Å²) in [6.07, 6.45) is 0. The summed E-state index contributed by atoms with van der Waals surface area (Å²) >= 11 is 1.27. The molecule has 0 radical (unpaired) electrons. The Morgan fingerprint density at radius 3 is 2.53 bits per heavy atom. The second-order valence-electron chi connectivity index (χ2n) is 6.69. The maximum absolute atomic E-state index is 12.5. The summed E-state index contributed by atoms with van der Waals surface area (Å²) in [6.45, 7) is 5.00. The minimum Gasteiger partial charge on any atom is -0.494 e. The van der Waals surface area contributed by atoms with Crippen LogP contribution in [0, 0.1) is 0 Å². The molecule has 8 nitrogen and oxygen atoms in total. The number of hydrogen-bond acceptors (Lipinski definition) is 7. The summed E-state index contributed by atoms with van der Waals surface area (Å²) in [4.78, 5) is 12.5. The first-order chi connectivity index (χ1) is 15.7. The minimum atomic E-state index is -0.165. The van der Waals surface area contributed by atoms with E-state index in [1.807, 2.05) is 74.5 Å². The molecule has 2 aromatic carbocycles. The summed E-state index contributed by atoms with van der Waals surface area (Å²) in [6, 6.07) is 18.8. The molecule has 0 unspecified atom stereocenters. The average Bonchev–Trinajstić information content (AvgIpc) is 3.22. The molecule has 1 N–H and O–H groups in total. The van der Waals surface area contributed by atoms with Gasteiger partial charge in [-0.2, -0.15) is 9.61 Å². The monoisotopic (exact) mass is 449 g/mol. The van der Waals surface area contributed by atoms with Gasteiger partial charge in [-0.05, 0) is 62.4 Å². The maximum atomic E-state index is 12.5. The normalized spacial score (nSPS) is 10.8. The van der Waals surface area contributed by atoms with Crippen molar-refractivity contribution >= 4 is 29.0 Å². The fourth-order valence-corrected chi connectivity index (χ4v) is 3.76. The van der Waals surface area contributed by atoms with E-state index in [1.165, 1.54) is 11.8 Å². The molecule has 0 fully saturated rings. The van der Waals surface area contributed by atoms with E-state index < -0.39 is 0 Å². The summed E-state index contributed by atoms with van der Waals surface area (Å²) in [5.41, 5.74) is 2.98. The van der Waals surface area contributed by atoms with Crippen LogP contribution in [0.3, 0.4) is 0 Å². The average molecular weight is 450 g/mol. The molecule has 2 aromatic heterocycles. The Balaban J connectivity index is 1.46. The number of ether oxygens (including phenoxy) is 2. The number of nitrogens with zero attached hydrogens (tertiary/aromatic N) is 4. The Bertz CT molecular complexity index is 1210. The zero-order chi connectivity index (χ0) is 22.3. The van der Waals surface area contributed by atoms with Crippen molar-refractivity contribution in [2.45, 2.75) is 19.0 Å². The summed E-state index contributed by atoms with van der Waals surface area (Å²) in [7, 11) is 0. The highest BCUT2D eigenvalue weighted by Gasteiger charge is 2.13. The Morgan fingerprint density at radius 2 is 1.75 bits per heavy atom. The van der Waals surface area contributed by atoms with Gasteiger partial charge in [0.2, 0.25) is 11.1 Å². The van der Waals surface area contributed by atoms with E-state index in [1.54, 1.807) is 4.52 Å². The van der Waals surface area contributed by atoms with Crippen LogP contribution >= 0.6 is 11.8 Å². The minimum absolute atomic E-state index is 0.163. The molecular formula is C23H23N5O3S. The maximum Gasteiger partial charge on any atom is 0.234 e. The van der Waals surface area contributed by atoms with E-state index in [-0.39, 0.29) is 11.7 Å². The molecule has 0 aliphatic rings. The van der Waals surface area contributed by atoms with E-state index in [4.69, 9.17) is 9.47 Å². The Morgan fingerprint density at radius 1 is 0.969 bits per heavy atom. The third-order valence-electron chi connectivity index (χ3n) is 4.49. The zero-order valence-corrected chi connectivity index (χ0v) is 18.6. The number of aromatic nitrogens is 4. The van der Waals surface area contributed by atoms with Crippen molar-refractivity contribution in [1.29, 1.82) is 0 Å². The number of rotatable bonds is 9. The molecule has 0 aliphatic carbocycles. The highest BCUT2D eigenvalue weighted by Crippen LogP contribution is 2.25. The molecule has 0 atom stereocenters. The number of nitrogens with one attached hydrogen (secondary N) is 1. The fourth-order valence-electron chi connectivity index (χ4n) is 3.07. The molecule has 1 amide bonds. The number of carbonyl (C=O) groups excluding carboxylic acids is 1. The van der Waals surface area contributed by atoms with Gasteiger partial charge in [-0.1, -0.05) is 23.9 Å². The van der Waals surface area contributed by atoms with Crippen LogP contribution in [0.15, 0.2) is 65.8 Å². The van der Waals surface area contributed by atoms with Crippen molar-refractivity contribution in [2.24, 2.45) is 0 Å². The lowest BCUT2D eigenvalue weighted by Gasteiger charge is -2.10. The first kappa shape index (κ1) is 21.6. The van der Waals surface area contributed by atoms with Crippen molar-refractivity contribution in [2.75, 3.05) is 24.3 Å². The van der Waals surface area contributed by atoms with Crippen LogP contribution in [0.5, 0.6) is 11.5 Å². The van der Waals surface area contributed by atoms with Gasteiger partial charge >= 0.3 is 0 Å². The van der Waals surface area contributed by atoms with E-state index in [2.05, 4.69) is 20.6 Å². The lowest BCUT2D eigenvalue weighted by molar-refractivity contribution is -0.113. The molecule has 9 heteroatoms. The van der Waals surface area contributed by atoms with Gasteiger partial charge in [0.25, 0.3) is 0 Å². The number of para-hydroxylation sites is 2. The molecule has 0 spiro atoms. The highest BCUT2D eigenvalue weighted by atomic mass is 32.2. The Labute approximate surface area is 190 Å². The Kier molecular flexibility index (Phi) is 6.86. The van der Waals surface area contributed by atoms with E-state index in [9.17, 15) is 4.79 Å². The second kappa shape index (κ2) is 10.1. The smallest absolute Gasteiger partial charge is 0.234 e. The van der Waals surface area contributed by atoms with Gasteiger partial charge in [0.1, 0.15) is 11.5 Å². The lowest BCUT2D eigenvalue weighted by atomic mass is 10.1. The number of fused-ring (bicyclic) bond motifs is 1. The molecule has 32 heavy (non-hydrogen) atoms. The van der Waals surface area contributed by atoms with Crippen LogP contribution in [0.1, 0.15) is 13.8 Å². The lowest BCUT2D eigenvalue weighted by Crippen LogP contribution is -2.15. The summed E-state index contributed by atoms with van der Waals surface area (Å²) in [5, 5.41) is 16.4. The molecule has 0 aliphatic heterocycles. The molecule has 4 aromatic rings. The van der Waals surface area contributed by atoms with Gasteiger partial charge < -0.3 is 14.8 Å². The number of thioether (sulfide) groups is 1. The van der Waals surface area contributed by atoms with Gasteiger partial charge in [-0.25, -0.2) is 0 Å². The Hall–Kier alpha value is -3.59. The number of benzene rings is 2. The van der Waals surface area contributed by atoms with Gasteiger partial charge in [0.15, 0.2) is 5.65 Å². The van der Waals surface area contributed by atoms with Gasteiger partial charge in [0, 0.05) is 5.56 Å². The van der Waals surface area contributed by atoms with Crippen LogP contribution in [0.4, 0.5) is 5.69 Å². The van der Waals surface area contributed by atoms with Crippen LogP contribution in [-0.2, 0) is 4.79 Å². The number of carbonyl (C=O) groups is 1. The van der Waals surface area contributed by atoms with Crippen molar-refractivity contribution in [1.82, 2.24) is 19.8 Å². The highest BCUT2D eigenvalue weighted by molar-refractivity contribution is 7.99. The quantitative estimate of drug-likeness (QED) is 0.381. The first-order valence-electron chi connectivity index (χ1n) is 10.3. The van der Waals surface area contributed by atoms with E-state index >= 15 is 0 Å². The van der Waals surface area contributed by atoms with Gasteiger partial charge in [-0.3, -0.25) is 4.79 Å². The summed E-state index contributed by atoms with van der Waals surface area (Å²) in [5.74, 6) is 1.45. The number of hydrogen-bond donors (Lipinski definition) is 1. The first-order valence-corrected chi connectivity index (χ1v) is 11.3. The molecule has 0 bridgehead atoms. The SMILES string of the molecule is CCOc1ccc(-c2ccc3nnc(SCC(=O)Nc4ccccc4OCC)n3n2)cc1. The van der Waals surface area contributed by atoms with Crippen LogP contribution < -0.4 is 14.8 Å². The number of amides is 1. The molecule has 0 saturated carbocycles.